The van der Waals surface area contributed by atoms with E-state index in [-0.39, 0.29) is 23.6 Å². The van der Waals surface area contributed by atoms with Crippen LogP contribution in [0.1, 0.15) is 23.7 Å². The lowest BCUT2D eigenvalue weighted by molar-refractivity contribution is 0.0467. The molecule has 2 fully saturated rings. The lowest BCUT2D eigenvalue weighted by atomic mass is 9.92. The second-order valence-electron chi connectivity index (χ2n) is 5.97. The third kappa shape index (κ3) is 3.45. The van der Waals surface area contributed by atoms with Gasteiger partial charge in [0, 0.05) is 37.0 Å². The maximum atomic E-state index is 12.5. The lowest BCUT2D eigenvalue weighted by Gasteiger charge is -2.41. The van der Waals surface area contributed by atoms with Crippen LogP contribution in [0.3, 0.4) is 0 Å². The Hall–Kier alpha value is -0.960. The summed E-state index contributed by atoms with van der Waals surface area (Å²) in [6, 6.07) is 1.77. The molecule has 128 valence electrons. The second-order valence-corrected chi connectivity index (χ2v) is 8.96. The molecule has 6 nitrogen and oxygen atoms in total. The largest absolute Gasteiger partial charge is 0.380 e. The highest BCUT2D eigenvalue weighted by molar-refractivity contribution is 7.89. The van der Waals surface area contributed by atoms with Gasteiger partial charge in [0.05, 0.1) is 24.5 Å². The molecule has 2 atom stereocenters. The first-order valence-electron chi connectivity index (χ1n) is 7.91. The maximum absolute atomic E-state index is 12.5. The standard InChI is InChI=1S/C15H22N2O4S2/c1-2-23(19,20)17-6-7-21-10-13-9-16(5-3-14(13)17)15(18)12-4-8-22-11-12/h4,8,11,13-14H,2-3,5-7,9-10H2,1H3. The van der Waals surface area contributed by atoms with Crippen molar-refractivity contribution in [3.8, 4) is 0 Å². The Morgan fingerprint density at radius 2 is 2.26 bits per heavy atom. The number of amides is 1. The highest BCUT2D eigenvalue weighted by Gasteiger charge is 2.40. The van der Waals surface area contributed by atoms with Gasteiger partial charge in [0.25, 0.3) is 5.91 Å². The molecule has 3 heterocycles. The maximum Gasteiger partial charge on any atom is 0.254 e. The SMILES string of the molecule is CCS(=O)(=O)N1CCOCC2CN(C(=O)c3ccsc3)CCC21. The minimum Gasteiger partial charge on any atom is -0.380 e. The van der Waals surface area contributed by atoms with Crippen molar-refractivity contribution in [3.05, 3.63) is 22.4 Å². The Morgan fingerprint density at radius 1 is 1.43 bits per heavy atom. The van der Waals surface area contributed by atoms with E-state index in [1.54, 1.807) is 11.2 Å². The molecule has 2 aliphatic rings. The highest BCUT2D eigenvalue weighted by atomic mass is 32.2. The molecule has 1 aromatic heterocycles. The van der Waals surface area contributed by atoms with E-state index in [1.165, 1.54) is 11.3 Å². The number of carbonyl (C=O) groups excluding carboxylic acids is 1. The summed E-state index contributed by atoms with van der Waals surface area (Å²) in [4.78, 5) is 14.3. The van der Waals surface area contributed by atoms with E-state index in [4.69, 9.17) is 4.74 Å². The Labute approximate surface area is 141 Å². The van der Waals surface area contributed by atoms with Gasteiger partial charge in [-0.15, -0.1) is 0 Å². The van der Waals surface area contributed by atoms with Crippen LogP contribution in [0.5, 0.6) is 0 Å². The Kier molecular flexibility index (Phi) is 5.05. The monoisotopic (exact) mass is 358 g/mol. The Balaban J connectivity index is 1.76. The number of hydrogen-bond donors (Lipinski definition) is 0. The zero-order valence-corrected chi connectivity index (χ0v) is 14.8. The molecule has 0 aromatic carbocycles. The normalized spacial score (nSPS) is 26.6. The lowest BCUT2D eigenvalue weighted by Crippen LogP contribution is -2.54. The minimum absolute atomic E-state index is 0.0267. The number of nitrogens with zero attached hydrogens (tertiary/aromatic N) is 2. The van der Waals surface area contributed by atoms with E-state index in [2.05, 4.69) is 0 Å². The summed E-state index contributed by atoms with van der Waals surface area (Å²) in [7, 11) is -3.24. The molecule has 0 radical (unpaired) electrons. The molecular weight excluding hydrogens is 336 g/mol. The fourth-order valence-corrected chi connectivity index (χ4v) is 5.39. The Morgan fingerprint density at radius 3 is 2.96 bits per heavy atom. The van der Waals surface area contributed by atoms with Crippen molar-refractivity contribution >= 4 is 27.3 Å². The third-order valence-electron chi connectivity index (χ3n) is 4.63. The van der Waals surface area contributed by atoms with Crippen LogP contribution in [0.25, 0.3) is 0 Å². The summed E-state index contributed by atoms with van der Waals surface area (Å²) in [6.07, 6.45) is 0.670. The minimum atomic E-state index is -3.24. The smallest absolute Gasteiger partial charge is 0.254 e. The first kappa shape index (κ1) is 16.9. The van der Waals surface area contributed by atoms with Gasteiger partial charge in [-0.3, -0.25) is 4.79 Å². The van der Waals surface area contributed by atoms with Gasteiger partial charge < -0.3 is 9.64 Å². The van der Waals surface area contributed by atoms with Gasteiger partial charge in [-0.2, -0.15) is 15.6 Å². The number of rotatable bonds is 3. The summed E-state index contributed by atoms with van der Waals surface area (Å²) < 4.78 is 31.9. The van der Waals surface area contributed by atoms with Crippen LogP contribution in [0.4, 0.5) is 0 Å². The molecule has 0 bridgehead atoms. The average Bonchev–Trinajstić information content (AvgIpc) is 3.00. The fraction of sp³-hybridized carbons (Fsp3) is 0.667. The number of sulfonamides is 1. The fourth-order valence-electron chi connectivity index (χ4n) is 3.38. The number of fused-ring (bicyclic) bond motifs is 1. The van der Waals surface area contributed by atoms with Crippen molar-refractivity contribution in [2.75, 3.05) is 38.6 Å². The van der Waals surface area contributed by atoms with Gasteiger partial charge in [-0.1, -0.05) is 0 Å². The van der Waals surface area contributed by atoms with Crippen molar-refractivity contribution in [1.82, 2.24) is 9.21 Å². The first-order chi connectivity index (χ1) is 11.0. The summed E-state index contributed by atoms with van der Waals surface area (Å²) in [5.74, 6) is 0.169. The van der Waals surface area contributed by atoms with E-state index >= 15 is 0 Å². The third-order valence-corrected chi connectivity index (χ3v) is 7.21. The van der Waals surface area contributed by atoms with Gasteiger partial charge in [-0.25, -0.2) is 8.42 Å². The van der Waals surface area contributed by atoms with E-state index < -0.39 is 10.0 Å². The number of piperidine rings is 1. The summed E-state index contributed by atoms with van der Waals surface area (Å²) in [5, 5.41) is 3.75. The van der Waals surface area contributed by atoms with Crippen LogP contribution in [0.2, 0.25) is 0 Å². The zero-order valence-electron chi connectivity index (χ0n) is 13.2. The average molecular weight is 358 g/mol. The number of likely N-dealkylation sites (tertiary alicyclic amines) is 1. The molecule has 0 aliphatic carbocycles. The van der Waals surface area contributed by atoms with Crippen molar-refractivity contribution in [3.63, 3.8) is 0 Å². The molecule has 1 amide bonds. The van der Waals surface area contributed by atoms with Gasteiger partial charge in [0.15, 0.2) is 0 Å². The molecular formula is C15H22N2O4S2. The van der Waals surface area contributed by atoms with Crippen LogP contribution in [-0.2, 0) is 14.8 Å². The number of thiophene rings is 1. The molecule has 23 heavy (non-hydrogen) atoms. The van der Waals surface area contributed by atoms with Gasteiger partial charge >= 0.3 is 0 Å². The van der Waals surface area contributed by atoms with Crippen molar-refractivity contribution in [1.29, 1.82) is 0 Å². The summed E-state index contributed by atoms with van der Waals surface area (Å²) in [6.45, 7) is 4.15. The number of hydrogen-bond acceptors (Lipinski definition) is 5. The molecule has 2 aliphatic heterocycles. The molecule has 8 heteroatoms. The first-order valence-corrected chi connectivity index (χ1v) is 10.5. The van der Waals surface area contributed by atoms with E-state index in [0.29, 0.717) is 44.8 Å². The molecule has 2 saturated heterocycles. The van der Waals surface area contributed by atoms with Crippen LogP contribution in [0.15, 0.2) is 16.8 Å². The topological polar surface area (TPSA) is 66.9 Å². The predicted molar refractivity (Wildman–Crippen MR) is 89.1 cm³/mol. The van der Waals surface area contributed by atoms with Crippen molar-refractivity contribution in [2.24, 2.45) is 5.92 Å². The zero-order chi connectivity index (χ0) is 16.4. The molecule has 0 spiro atoms. The molecule has 2 unspecified atom stereocenters. The Bertz CT molecular complexity index is 644. The second kappa shape index (κ2) is 6.88. The van der Waals surface area contributed by atoms with E-state index in [9.17, 15) is 13.2 Å². The van der Waals surface area contributed by atoms with Crippen LogP contribution in [-0.4, -0.2) is 68.2 Å². The van der Waals surface area contributed by atoms with Gasteiger partial charge in [-0.05, 0) is 24.8 Å². The van der Waals surface area contributed by atoms with Crippen LogP contribution >= 0.6 is 11.3 Å². The van der Waals surface area contributed by atoms with Gasteiger partial charge in [0.1, 0.15) is 0 Å². The van der Waals surface area contributed by atoms with Gasteiger partial charge in [0.2, 0.25) is 10.0 Å². The van der Waals surface area contributed by atoms with Crippen molar-refractivity contribution in [2.45, 2.75) is 19.4 Å². The number of carbonyl (C=O) groups is 1. The summed E-state index contributed by atoms with van der Waals surface area (Å²) in [5.41, 5.74) is 0.709. The van der Waals surface area contributed by atoms with E-state index in [1.807, 2.05) is 21.7 Å². The quantitative estimate of drug-likeness (QED) is 0.816. The number of ether oxygens (including phenoxy) is 1. The highest BCUT2D eigenvalue weighted by Crippen LogP contribution is 2.28. The van der Waals surface area contributed by atoms with Crippen molar-refractivity contribution < 1.29 is 17.9 Å². The molecule has 0 N–H and O–H groups in total. The van der Waals surface area contributed by atoms with Crippen LogP contribution in [0, 0.1) is 5.92 Å². The van der Waals surface area contributed by atoms with Crippen LogP contribution < -0.4 is 0 Å². The molecule has 3 rings (SSSR count). The molecule has 0 saturated carbocycles. The predicted octanol–water partition coefficient (Wildman–Crippen LogP) is 1.26. The molecule has 1 aromatic rings. The van der Waals surface area contributed by atoms with E-state index in [0.717, 1.165) is 0 Å². The summed E-state index contributed by atoms with van der Waals surface area (Å²) >= 11 is 1.51.